The van der Waals surface area contributed by atoms with Gasteiger partial charge in [-0.2, -0.15) is 0 Å². The van der Waals surface area contributed by atoms with Crippen molar-refractivity contribution in [3.63, 3.8) is 0 Å². The smallest absolute Gasteiger partial charge is 0.225 e. The lowest BCUT2D eigenvalue weighted by atomic mass is 9.98. The van der Waals surface area contributed by atoms with Crippen LogP contribution in [0, 0.1) is 0 Å². The Labute approximate surface area is 170 Å². The molecule has 134 valence electrons. The predicted molar refractivity (Wildman–Crippen MR) is 121 cm³/mol. The Morgan fingerprint density at radius 3 is 1.67 bits per heavy atom. The van der Waals surface area contributed by atoms with Crippen molar-refractivity contribution in [3.05, 3.63) is 113 Å². The number of rotatable bonds is 5. The van der Waals surface area contributed by atoms with Gasteiger partial charge in [0, 0.05) is 5.57 Å². The van der Waals surface area contributed by atoms with E-state index in [9.17, 15) is 0 Å². The highest BCUT2D eigenvalue weighted by Gasteiger charge is 2.10. The number of hydrogen-bond donors (Lipinski definition) is 0. The lowest BCUT2D eigenvalue weighted by molar-refractivity contribution is 0.346. The van der Waals surface area contributed by atoms with Crippen LogP contribution in [-0.4, -0.2) is 11.0 Å². The molecule has 0 aliphatic carbocycles. The van der Waals surface area contributed by atoms with Gasteiger partial charge in [-0.25, -0.2) is 0 Å². The standard InChI is InChI=1S/C24H20OS2/c1-2-25-24(26)27-23(21-16-10-5-11-17-21)18-22(19-12-6-3-7-13-19)20-14-8-4-9-15-20/h3-17H,2H2,1H3. The predicted octanol–water partition coefficient (Wildman–Crippen LogP) is 6.81. The molecule has 0 saturated carbocycles. The van der Waals surface area contributed by atoms with Gasteiger partial charge in [0.1, 0.15) is 0 Å². The van der Waals surface area contributed by atoms with Gasteiger partial charge in [0.05, 0.1) is 11.5 Å². The minimum atomic E-state index is 0.504. The molecule has 0 amide bonds. The fourth-order valence-electron chi connectivity index (χ4n) is 2.61. The second-order valence-electron chi connectivity index (χ2n) is 5.71. The van der Waals surface area contributed by atoms with E-state index in [-0.39, 0.29) is 0 Å². The molecule has 0 bridgehead atoms. The van der Waals surface area contributed by atoms with E-state index in [0.29, 0.717) is 11.0 Å². The zero-order valence-corrected chi connectivity index (χ0v) is 16.7. The first-order valence-electron chi connectivity index (χ1n) is 8.79. The lowest BCUT2D eigenvalue weighted by Gasteiger charge is -2.10. The monoisotopic (exact) mass is 388 g/mol. The minimum absolute atomic E-state index is 0.504. The molecule has 3 rings (SSSR count). The van der Waals surface area contributed by atoms with Crippen LogP contribution in [0.3, 0.4) is 0 Å². The molecule has 0 aliphatic heterocycles. The SMILES string of the molecule is CCOC(=S)SC(=C=C(c1ccccc1)c1ccccc1)c1ccccc1. The molecule has 27 heavy (non-hydrogen) atoms. The van der Waals surface area contributed by atoms with Crippen molar-refractivity contribution in [1.82, 2.24) is 0 Å². The Morgan fingerprint density at radius 2 is 1.22 bits per heavy atom. The number of thiocarbonyl (C=S) groups is 1. The molecular weight excluding hydrogens is 368 g/mol. The summed E-state index contributed by atoms with van der Waals surface area (Å²) in [6.45, 7) is 2.50. The summed E-state index contributed by atoms with van der Waals surface area (Å²) in [4.78, 5) is 0.941. The highest BCUT2D eigenvalue weighted by Crippen LogP contribution is 2.31. The van der Waals surface area contributed by atoms with Crippen LogP contribution < -0.4 is 0 Å². The van der Waals surface area contributed by atoms with Gasteiger partial charge in [-0.15, -0.1) is 0 Å². The van der Waals surface area contributed by atoms with E-state index in [2.05, 4.69) is 42.1 Å². The maximum atomic E-state index is 5.51. The van der Waals surface area contributed by atoms with E-state index in [1.165, 1.54) is 11.8 Å². The van der Waals surface area contributed by atoms with Crippen molar-refractivity contribution in [1.29, 1.82) is 0 Å². The van der Waals surface area contributed by atoms with Gasteiger partial charge >= 0.3 is 0 Å². The Morgan fingerprint density at radius 1 is 0.778 bits per heavy atom. The largest absolute Gasteiger partial charge is 0.479 e. The molecule has 1 nitrogen and oxygen atoms in total. The number of ether oxygens (including phenoxy) is 1. The van der Waals surface area contributed by atoms with Crippen LogP contribution in [0.5, 0.6) is 0 Å². The summed E-state index contributed by atoms with van der Waals surface area (Å²) < 4.78 is 6.02. The highest BCUT2D eigenvalue weighted by atomic mass is 32.2. The van der Waals surface area contributed by atoms with Gasteiger partial charge in [0.2, 0.25) is 4.38 Å². The lowest BCUT2D eigenvalue weighted by Crippen LogP contribution is -1.96. The van der Waals surface area contributed by atoms with Gasteiger partial charge in [-0.3, -0.25) is 0 Å². The van der Waals surface area contributed by atoms with Crippen LogP contribution >= 0.6 is 24.0 Å². The molecule has 0 aliphatic rings. The highest BCUT2D eigenvalue weighted by molar-refractivity contribution is 8.28. The first-order valence-corrected chi connectivity index (χ1v) is 10.0. The van der Waals surface area contributed by atoms with E-state index < -0.39 is 0 Å². The van der Waals surface area contributed by atoms with Crippen molar-refractivity contribution in [2.45, 2.75) is 6.92 Å². The first kappa shape index (κ1) is 19.2. The molecule has 0 heterocycles. The second-order valence-corrected chi connectivity index (χ2v) is 7.32. The quantitative estimate of drug-likeness (QED) is 0.351. The summed E-state index contributed by atoms with van der Waals surface area (Å²) in [5, 5.41) is 0. The maximum absolute atomic E-state index is 5.51. The van der Waals surface area contributed by atoms with E-state index in [1.54, 1.807) is 0 Å². The molecule has 0 atom stereocenters. The normalized spacial score (nSPS) is 9.96. The third-order valence-corrected chi connectivity index (χ3v) is 5.04. The molecule has 0 N–H and O–H groups in total. The molecule has 0 spiro atoms. The third-order valence-electron chi connectivity index (χ3n) is 3.85. The number of benzene rings is 3. The maximum Gasteiger partial charge on any atom is 0.225 e. The molecule has 0 fully saturated rings. The van der Waals surface area contributed by atoms with Crippen LogP contribution in [0.4, 0.5) is 0 Å². The van der Waals surface area contributed by atoms with Crippen molar-refractivity contribution in [2.24, 2.45) is 0 Å². The van der Waals surface area contributed by atoms with E-state index in [0.717, 1.165) is 27.2 Å². The first-order chi connectivity index (χ1) is 13.3. The number of thioether (sulfide) groups is 1. The summed E-state index contributed by atoms with van der Waals surface area (Å²) in [6, 6.07) is 30.8. The molecule has 0 saturated heterocycles. The van der Waals surface area contributed by atoms with Gasteiger partial charge in [0.25, 0.3) is 0 Å². The minimum Gasteiger partial charge on any atom is -0.479 e. The second kappa shape index (κ2) is 9.94. The molecule has 0 aromatic heterocycles. The third kappa shape index (κ3) is 5.45. The average molecular weight is 389 g/mol. The Kier molecular flexibility index (Phi) is 7.06. The summed E-state index contributed by atoms with van der Waals surface area (Å²) >= 11 is 6.82. The molecule has 0 unspecified atom stereocenters. The van der Waals surface area contributed by atoms with Crippen LogP contribution in [0.2, 0.25) is 0 Å². The van der Waals surface area contributed by atoms with Crippen LogP contribution in [0.15, 0.2) is 96.7 Å². The van der Waals surface area contributed by atoms with Crippen LogP contribution in [0.1, 0.15) is 23.6 Å². The number of hydrogen-bond acceptors (Lipinski definition) is 3. The van der Waals surface area contributed by atoms with Gasteiger partial charge in [-0.1, -0.05) is 96.7 Å². The molecule has 0 radical (unpaired) electrons. The zero-order valence-electron chi connectivity index (χ0n) is 15.1. The van der Waals surface area contributed by atoms with Crippen LogP contribution in [0.25, 0.3) is 10.5 Å². The topological polar surface area (TPSA) is 9.23 Å². The van der Waals surface area contributed by atoms with Crippen molar-refractivity contribution in [3.8, 4) is 0 Å². The Hall–Kier alpha value is -2.58. The van der Waals surface area contributed by atoms with Gasteiger partial charge in [0.15, 0.2) is 0 Å². The summed E-state index contributed by atoms with van der Waals surface area (Å²) in [6.07, 6.45) is 0. The average Bonchev–Trinajstić information content (AvgIpc) is 2.73. The van der Waals surface area contributed by atoms with E-state index in [1.807, 2.05) is 61.5 Å². The zero-order chi connectivity index (χ0) is 18.9. The van der Waals surface area contributed by atoms with Crippen LogP contribution in [-0.2, 0) is 4.74 Å². The molecule has 3 heteroatoms. The summed E-state index contributed by atoms with van der Waals surface area (Å²) in [5.41, 5.74) is 7.94. The van der Waals surface area contributed by atoms with Crippen molar-refractivity contribution >= 4 is 38.8 Å². The summed E-state index contributed by atoms with van der Waals surface area (Å²) in [7, 11) is 0. The van der Waals surface area contributed by atoms with Crippen molar-refractivity contribution in [2.75, 3.05) is 6.61 Å². The molecule has 3 aromatic carbocycles. The van der Waals surface area contributed by atoms with E-state index >= 15 is 0 Å². The Bertz CT molecular complexity index is 900. The molecular formula is C24H20OS2. The fourth-order valence-corrected chi connectivity index (χ4v) is 3.73. The van der Waals surface area contributed by atoms with Gasteiger partial charge in [-0.05, 0) is 47.6 Å². The summed E-state index contributed by atoms with van der Waals surface area (Å²) in [5.74, 6) is 0. The molecule has 3 aromatic rings. The fraction of sp³-hybridized carbons (Fsp3) is 0.0833. The van der Waals surface area contributed by atoms with Crippen molar-refractivity contribution < 1.29 is 4.74 Å². The Balaban J connectivity index is 2.21. The van der Waals surface area contributed by atoms with E-state index in [4.69, 9.17) is 17.0 Å². The van der Waals surface area contributed by atoms with Gasteiger partial charge < -0.3 is 4.74 Å².